The number of hydrogen-bond acceptors (Lipinski definition) is 5. The van der Waals surface area contributed by atoms with Crippen LogP contribution in [-0.2, 0) is 0 Å². The summed E-state index contributed by atoms with van der Waals surface area (Å²) in [5.41, 5.74) is 0.348. The van der Waals surface area contributed by atoms with Crippen molar-refractivity contribution in [3.05, 3.63) is 17.7 Å². The lowest BCUT2D eigenvalue weighted by atomic mass is 10.1. The monoisotopic (exact) mass is 267 g/mol. The van der Waals surface area contributed by atoms with Gasteiger partial charge in [-0.3, -0.25) is 0 Å². The van der Waals surface area contributed by atoms with Crippen LogP contribution in [0, 0.1) is 0 Å². The van der Waals surface area contributed by atoms with E-state index < -0.39 is 12.1 Å². The number of aliphatic hydroxyl groups is 1. The Labute approximate surface area is 112 Å². The first-order valence-electron chi connectivity index (χ1n) is 6.36. The number of aliphatic hydroxyl groups excluding tert-OH is 1. The van der Waals surface area contributed by atoms with E-state index in [0.717, 1.165) is 0 Å². The molecule has 1 heterocycles. The number of carboxylic acid groups (broad SMARTS) is 1. The zero-order chi connectivity index (χ0) is 14.6. The quantitative estimate of drug-likeness (QED) is 0.728. The Hall–Kier alpha value is -1.69. The molecule has 0 amide bonds. The molecule has 106 valence electrons. The predicted molar refractivity (Wildman–Crippen MR) is 72.5 cm³/mol. The lowest BCUT2D eigenvalue weighted by Gasteiger charge is -2.18. The van der Waals surface area contributed by atoms with E-state index in [2.05, 4.69) is 15.3 Å². The lowest BCUT2D eigenvalue weighted by molar-refractivity contribution is 0.0691. The minimum Gasteiger partial charge on any atom is -0.476 e. The van der Waals surface area contributed by atoms with Crippen LogP contribution in [0.3, 0.4) is 0 Å². The van der Waals surface area contributed by atoms with Gasteiger partial charge in [-0.2, -0.15) is 0 Å². The van der Waals surface area contributed by atoms with Gasteiger partial charge in [0.05, 0.1) is 18.0 Å². The number of carbonyl (C=O) groups is 1. The Kier molecular flexibility index (Phi) is 5.23. The molecular weight excluding hydrogens is 246 g/mol. The van der Waals surface area contributed by atoms with Gasteiger partial charge in [-0.15, -0.1) is 0 Å². The van der Waals surface area contributed by atoms with Crippen molar-refractivity contribution in [3.8, 4) is 0 Å². The maximum absolute atomic E-state index is 11.2. The van der Waals surface area contributed by atoms with Crippen molar-refractivity contribution in [3.63, 3.8) is 0 Å². The van der Waals surface area contributed by atoms with Crippen LogP contribution in [0.2, 0.25) is 0 Å². The van der Waals surface area contributed by atoms with Gasteiger partial charge in [0.1, 0.15) is 5.82 Å². The second-order valence-electron chi connectivity index (χ2n) is 5.08. The Balaban J connectivity index is 2.97. The number of nitrogens with one attached hydrogen (secondary N) is 1. The summed E-state index contributed by atoms with van der Waals surface area (Å²) < 4.78 is 0. The summed E-state index contributed by atoms with van der Waals surface area (Å²) in [7, 11) is 0. The minimum absolute atomic E-state index is 0.0313. The topological polar surface area (TPSA) is 95.3 Å². The van der Waals surface area contributed by atoms with Crippen LogP contribution in [0.5, 0.6) is 0 Å². The Morgan fingerprint density at radius 2 is 2.00 bits per heavy atom. The average Bonchev–Trinajstić information content (AvgIpc) is 2.27. The highest BCUT2D eigenvalue weighted by molar-refractivity contribution is 5.91. The third-order valence-corrected chi connectivity index (χ3v) is 2.62. The third kappa shape index (κ3) is 4.48. The fraction of sp³-hybridized carbons (Fsp3) is 0.615. The maximum Gasteiger partial charge on any atom is 0.356 e. The van der Waals surface area contributed by atoms with Gasteiger partial charge in [-0.05, 0) is 20.3 Å². The normalized spacial score (nSPS) is 14.2. The number of aromatic nitrogens is 2. The molecule has 1 rings (SSSR count). The van der Waals surface area contributed by atoms with Crippen molar-refractivity contribution in [2.45, 2.75) is 52.2 Å². The second-order valence-corrected chi connectivity index (χ2v) is 5.08. The maximum atomic E-state index is 11.2. The summed E-state index contributed by atoms with van der Waals surface area (Å²) in [6.07, 6.45) is 1.56. The van der Waals surface area contributed by atoms with Gasteiger partial charge in [0.25, 0.3) is 0 Å². The van der Waals surface area contributed by atoms with E-state index in [1.807, 2.05) is 20.8 Å². The first-order chi connectivity index (χ1) is 8.81. The van der Waals surface area contributed by atoms with Gasteiger partial charge in [0.15, 0.2) is 5.69 Å². The summed E-state index contributed by atoms with van der Waals surface area (Å²) in [4.78, 5) is 19.4. The van der Waals surface area contributed by atoms with E-state index in [9.17, 15) is 15.0 Å². The standard InChI is InChI=1S/C13H21N3O3/c1-7(2)12-14-6-10(11(16-12)13(18)19)15-8(3)5-9(4)17/h6-9,15,17H,5H2,1-4H3,(H,18,19). The number of carboxylic acids is 1. The second kappa shape index (κ2) is 6.47. The van der Waals surface area contributed by atoms with Gasteiger partial charge in [-0.1, -0.05) is 13.8 Å². The minimum atomic E-state index is -1.09. The highest BCUT2D eigenvalue weighted by atomic mass is 16.4. The van der Waals surface area contributed by atoms with Crippen LogP contribution in [0.1, 0.15) is 56.3 Å². The Bertz CT molecular complexity index is 447. The molecule has 3 N–H and O–H groups in total. The highest BCUT2D eigenvalue weighted by Crippen LogP contribution is 2.18. The molecule has 0 aliphatic heterocycles. The van der Waals surface area contributed by atoms with E-state index in [-0.39, 0.29) is 17.7 Å². The van der Waals surface area contributed by atoms with E-state index in [1.165, 1.54) is 6.20 Å². The summed E-state index contributed by atoms with van der Waals surface area (Å²) in [6.45, 7) is 7.37. The van der Waals surface area contributed by atoms with Crippen LogP contribution >= 0.6 is 0 Å². The fourth-order valence-corrected chi connectivity index (χ4v) is 1.78. The summed E-state index contributed by atoms with van der Waals surface area (Å²) in [6, 6.07) is -0.0633. The molecule has 6 nitrogen and oxygen atoms in total. The van der Waals surface area contributed by atoms with Crippen LogP contribution in [0.25, 0.3) is 0 Å². The largest absolute Gasteiger partial charge is 0.476 e. The molecule has 0 saturated heterocycles. The van der Waals surface area contributed by atoms with Crippen molar-refractivity contribution >= 4 is 11.7 Å². The van der Waals surface area contributed by atoms with Crippen molar-refractivity contribution in [2.75, 3.05) is 5.32 Å². The van der Waals surface area contributed by atoms with Crippen molar-refractivity contribution < 1.29 is 15.0 Å². The molecule has 0 saturated carbocycles. The predicted octanol–water partition coefficient (Wildman–Crippen LogP) is 1.87. The average molecular weight is 267 g/mol. The Morgan fingerprint density at radius 3 is 2.47 bits per heavy atom. The van der Waals surface area contributed by atoms with Gasteiger partial charge >= 0.3 is 5.97 Å². The van der Waals surface area contributed by atoms with Crippen molar-refractivity contribution in [2.24, 2.45) is 0 Å². The van der Waals surface area contributed by atoms with Crippen LogP contribution in [0.15, 0.2) is 6.20 Å². The summed E-state index contributed by atoms with van der Waals surface area (Å²) in [5.74, 6) is -0.510. The molecule has 1 aromatic heterocycles. The number of nitrogens with zero attached hydrogens (tertiary/aromatic N) is 2. The molecule has 0 aliphatic carbocycles. The van der Waals surface area contributed by atoms with Gasteiger partial charge < -0.3 is 15.5 Å². The molecule has 0 aromatic carbocycles. The molecule has 0 bridgehead atoms. The molecule has 0 radical (unpaired) electrons. The zero-order valence-corrected chi connectivity index (χ0v) is 11.7. The van der Waals surface area contributed by atoms with E-state index in [4.69, 9.17) is 0 Å². The first-order valence-corrected chi connectivity index (χ1v) is 6.36. The molecule has 0 spiro atoms. The fourth-order valence-electron chi connectivity index (χ4n) is 1.78. The molecule has 0 fully saturated rings. The summed E-state index contributed by atoms with van der Waals surface area (Å²) in [5, 5.41) is 21.5. The molecule has 2 unspecified atom stereocenters. The number of hydrogen-bond donors (Lipinski definition) is 3. The smallest absolute Gasteiger partial charge is 0.356 e. The van der Waals surface area contributed by atoms with Crippen LogP contribution in [-0.4, -0.2) is 38.3 Å². The number of aromatic carboxylic acids is 1. The molecule has 2 atom stereocenters. The van der Waals surface area contributed by atoms with Gasteiger partial charge in [-0.25, -0.2) is 14.8 Å². The molecular formula is C13H21N3O3. The molecule has 6 heteroatoms. The number of rotatable bonds is 6. The lowest BCUT2D eigenvalue weighted by Crippen LogP contribution is -2.23. The zero-order valence-electron chi connectivity index (χ0n) is 11.7. The SMILES string of the molecule is CC(O)CC(C)Nc1cnc(C(C)C)nc1C(=O)O. The Morgan fingerprint density at radius 1 is 1.37 bits per heavy atom. The van der Waals surface area contributed by atoms with Gasteiger partial charge in [0.2, 0.25) is 0 Å². The van der Waals surface area contributed by atoms with Crippen LogP contribution < -0.4 is 5.32 Å². The molecule has 19 heavy (non-hydrogen) atoms. The van der Waals surface area contributed by atoms with E-state index >= 15 is 0 Å². The van der Waals surface area contributed by atoms with E-state index in [0.29, 0.717) is 17.9 Å². The van der Waals surface area contributed by atoms with Crippen molar-refractivity contribution in [1.82, 2.24) is 9.97 Å². The van der Waals surface area contributed by atoms with Gasteiger partial charge in [0, 0.05) is 12.0 Å². The highest BCUT2D eigenvalue weighted by Gasteiger charge is 2.17. The third-order valence-electron chi connectivity index (χ3n) is 2.62. The molecule has 0 aliphatic rings. The molecule has 1 aromatic rings. The van der Waals surface area contributed by atoms with Crippen LogP contribution in [0.4, 0.5) is 5.69 Å². The first kappa shape index (κ1) is 15.4. The van der Waals surface area contributed by atoms with E-state index in [1.54, 1.807) is 6.92 Å². The van der Waals surface area contributed by atoms with Crippen molar-refractivity contribution in [1.29, 1.82) is 0 Å². The number of anilines is 1. The summed E-state index contributed by atoms with van der Waals surface area (Å²) >= 11 is 0.